The lowest BCUT2D eigenvalue weighted by atomic mass is 9.83. The Morgan fingerprint density at radius 2 is 1.61 bits per heavy atom. The number of hydrogen-bond donors (Lipinski definition) is 1. The van der Waals surface area contributed by atoms with Gasteiger partial charge in [0.15, 0.2) is 0 Å². The average Bonchev–Trinajstić information content (AvgIpc) is 2.89. The van der Waals surface area contributed by atoms with Gasteiger partial charge in [0.2, 0.25) is 11.8 Å². The molecule has 0 saturated carbocycles. The number of amides is 2. The first-order valence-electron chi connectivity index (χ1n) is 11.5. The van der Waals surface area contributed by atoms with Crippen molar-refractivity contribution in [3.8, 4) is 11.5 Å². The number of ether oxygens (including phenoxy) is 2. The van der Waals surface area contributed by atoms with Crippen LogP contribution in [0.25, 0.3) is 0 Å². The van der Waals surface area contributed by atoms with Crippen LogP contribution in [0.1, 0.15) is 30.0 Å². The van der Waals surface area contributed by atoms with Gasteiger partial charge >= 0.3 is 0 Å². The molecule has 9 nitrogen and oxygen atoms in total. The highest BCUT2D eigenvalue weighted by Crippen LogP contribution is 2.41. The molecule has 0 bridgehead atoms. The van der Waals surface area contributed by atoms with Crippen LogP contribution in [0.5, 0.6) is 11.5 Å². The molecule has 36 heavy (non-hydrogen) atoms. The Bertz CT molecular complexity index is 1270. The van der Waals surface area contributed by atoms with E-state index in [0.29, 0.717) is 34.9 Å². The fourth-order valence-electron chi connectivity index (χ4n) is 4.48. The maximum absolute atomic E-state index is 13.6. The van der Waals surface area contributed by atoms with E-state index in [1.807, 2.05) is 12.1 Å². The molecule has 1 aliphatic rings. The van der Waals surface area contributed by atoms with Crippen LogP contribution in [0.2, 0.25) is 0 Å². The van der Waals surface area contributed by atoms with Crippen LogP contribution in [0, 0.1) is 23.0 Å². The number of nitrogens with one attached hydrogen (secondary N) is 1. The first-order chi connectivity index (χ1) is 17.3. The smallest absolute Gasteiger partial charge is 0.271 e. The number of carbonyl (C=O) groups excluding carboxylic acids is 2. The first kappa shape index (κ1) is 24.7. The molecule has 2 amide bonds. The third-order valence-electron chi connectivity index (χ3n) is 6.43. The van der Waals surface area contributed by atoms with E-state index in [2.05, 4.69) is 5.32 Å². The van der Waals surface area contributed by atoms with Gasteiger partial charge in [0.1, 0.15) is 11.5 Å². The van der Waals surface area contributed by atoms with Crippen molar-refractivity contribution in [3.63, 3.8) is 0 Å². The topological polar surface area (TPSA) is 111 Å². The van der Waals surface area contributed by atoms with E-state index in [0.717, 1.165) is 5.56 Å². The lowest BCUT2D eigenvalue weighted by Crippen LogP contribution is -2.47. The first-order valence-corrected chi connectivity index (χ1v) is 11.5. The van der Waals surface area contributed by atoms with E-state index in [1.165, 1.54) is 12.1 Å². The number of methoxy groups -OCH3 is 2. The van der Waals surface area contributed by atoms with Crippen molar-refractivity contribution in [3.05, 3.63) is 88.0 Å². The third-order valence-corrected chi connectivity index (χ3v) is 6.43. The third kappa shape index (κ3) is 5.00. The predicted molar refractivity (Wildman–Crippen MR) is 135 cm³/mol. The molecule has 1 heterocycles. The van der Waals surface area contributed by atoms with Gasteiger partial charge in [-0.05, 0) is 60.9 Å². The predicted octanol–water partition coefficient (Wildman–Crippen LogP) is 5.04. The molecule has 0 aromatic heterocycles. The number of rotatable bonds is 7. The van der Waals surface area contributed by atoms with Crippen LogP contribution in [0.3, 0.4) is 0 Å². The van der Waals surface area contributed by atoms with Gasteiger partial charge in [-0.2, -0.15) is 0 Å². The van der Waals surface area contributed by atoms with Crippen molar-refractivity contribution in [1.82, 2.24) is 0 Å². The summed E-state index contributed by atoms with van der Waals surface area (Å²) in [6.45, 7) is 1.77. The highest BCUT2D eigenvalue weighted by atomic mass is 16.6. The number of non-ortho nitro benzene ring substituents is 1. The molecule has 0 aliphatic carbocycles. The normalized spacial score (nSPS) is 17.4. The van der Waals surface area contributed by atoms with Gasteiger partial charge in [0.25, 0.3) is 5.69 Å². The second-order valence-electron chi connectivity index (χ2n) is 8.57. The molecule has 2 unspecified atom stereocenters. The van der Waals surface area contributed by atoms with Crippen molar-refractivity contribution in [2.45, 2.75) is 25.8 Å². The van der Waals surface area contributed by atoms with E-state index in [1.54, 1.807) is 68.5 Å². The Kier molecular flexibility index (Phi) is 7.19. The van der Waals surface area contributed by atoms with Crippen LogP contribution >= 0.6 is 0 Å². The molecule has 0 radical (unpaired) electrons. The molecule has 1 saturated heterocycles. The van der Waals surface area contributed by atoms with E-state index in [4.69, 9.17) is 9.47 Å². The van der Waals surface area contributed by atoms with Crippen LogP contribution in [0.15, 0.2) is 66.7 Å². The quantitative estimate of drug-likeness (QED) is 0.368. The number of nitro groups is 1. The highest BCUT2D eigenvalue weighted by Gasteiger charge is 2.41. The average molecular weight is 490 g/mol. The van der Waals surface area contributed by atoms with E-state index in [-0.39, 0.29) is 23.9 Å². The maximum atomic E-state index is 13.6. The SMILES string of the molecule is COc1ccc(C2C(C(=O)Nc3cc([N+](=O)[O-])ccc3C)CCC(=O)N2c2ccc(OC)cc2)cc1. The number of piperidine rings is 1. The minimum atomic E-state index is -0.600. The van der Waals surface area contributed by atoms with Gasteiger partial charge in [-0.3, -0.25) is 19.7 Å². The van der Waals surface area contributed by atoms with Crippen LogP contribution in [-0.2, 0) is 9.59 Å². The summed E-state index contributed by atoms with van der Waals surface area (Å²) in [4.78, 5) is 39.2. The number of aryl methyl sites for hydroxylation is 1. The lowest BCUT2D eigenvalue weighted by Gasteiger charge is -2.41. The largest absolute Gasteiger partial charge is 0.497 e. The fraction of sp³-hybridized carbons (Fsp3) is 0.259. The summed E-state index contributed by atoms with van der Waals surface area (Å²) in [5.74, 6) is 0.295. The van der Waals surface area contributed by atoms with Gasteiger partial charge < -0.3 is 19.7 Å². The summed E-state index contributed by atoms with van der Waals surface area (Å²) in [6, 6.07) is 18.1. The number of nitrogens with zero attached hydrogens (tertiary/aromatic N) is 2. The molecule has 1 fully saturated rings. The maximum Gasteiger partial charge on any atom is 0.271 e. The van der Waals surface area contributed by atoms with Crippen LogP contribution < -0.4 is 19.7 Å². The second kappa shape index (κ2) is 10.5. The molecule has 3 aromatic rings. The van der Waals surface area contributed by atoms with Crippen LogP contribution in [-0.4, -0.2) is 31.0 Å². The second-order valence-corrected chi connectivity index (χ2v) is 8.57. The van der Waals surface area contributed by atoms with Gasteiger partial charge in [0, 0.05) is 24.2 Å². The van der Waals surface area contributed by atoms with Crippen molar-refractivity contribution >= 4 is 28.9 Å². The van der Waals surface area contributed by atoms with Crippen molar-refractivity contribution < 1.29 is 24.0 Å². The van der Waals surface area contributed by atoms with Gasteiger partial charge in [-0.15, -0.1) is 0 Å². The zero-order chi connectivity index (χ0) is 25.8. The van der Waals surface area contributed by atoms with E-state index < -0.39 is 16.9 Å². The molecule has 3 aromatic carbocycles. The molecule has 4 rings (SSSR count). The van der Waals surface area contributed by atoms with Crippen LogP contribution in [0.4, 0.5) is 17.1 Å². The highest BCUT2D eigenvalue weighted by molar-refractivity contribution is 6.00. The van der Waals surface area contributed by atoms with Crippen molar-refractivity contribution in [1.29, 1.82) is 0 Å². The number of benzene rings is 3. The summed E-state index contributed by atoms with van der Waals surface area (Å²) in [5, 5.41) is 14.1. The number of carbonyl (C=O) groups is 2. The van der Waals surface area contributed by atoms with E-state index in [9.17, 15) is 19.7 Å². The molecule has 9 heteroatoms. The van der Waals surface area contributed by atoms with Gasteiger partial charge in [-0.25, -0.2) is 0 Å². The number of nitro benzene ring substituents is 1. The molecule has 2 atom stereocenters. The number of hydrogen-bond acceptors (Lipinski definition) is 6. The summed E-state index contributed by atoms with van der Waals surface area (Å²) in [6.07, 6.45) is 0.521. The zero-order valence-corrected chi connectivity index (χ0v) is 20.3. The standard InChI is InChI=1S/C27H27N3O6/c1-17-4-7-20(30(33)34)16-24(17)28-27(32)23-14-15-25(31)29(19-8-12-22(36-3)13-9-19)26(23)18-5-10-21(35-2)11-6-18/h4-13,16,23,26H,14-15H2,1-3H3,(H,28,32). The van der Waals surface area contributed by atoms with Gasteiger partial charge in [-0.1, -0.05) is 18.2 Å². The van der Waals surface area contributed by atoms with E-state index >= 15 is 0 Å². The molecule has 1 aliphatic heterocycles. The van der Waals surface area contributed by atoms with Crippen molar-refractivity contribution in [2.75, 3.05) is 24.4 Å². The molecular weight excluding hydrogens is 462 g/mol. The molecule has 0 spiro atoms. The Labute approximate surface area is 208 Å². The Hall–Kier alpha value is -4.40. The Morgan fingerprint density at radius 3 is 2.19 bits per heavy atom. The summed E-state index contributed by atoms with van der Waals surface area (Å²) in [5.41, 5.74) is 2.38. The number of anilines is 2. The fourth-order valence-corrected chi connectivity index (χ4v) is 4.48. The minimum absolute atomic E-state index is 0.100. The Balaban J connectivity index is 1.74. The molecule has 1 N–H and O–H groups in total. The lowest BCUT2D eigenvalue weighted by molar-refractivity contribution is -0.384. The monoisotopic (exact) mass is 489 g/mol. The summed E-state index contributed by atoms with van der Waals surface area (Å²) >= 11 is 0. The van der Waals surface area contributed by atoms with Crippen molar-refractivity contribution in [2.24, 2.45) is 5.92 Å². The van der Waals surface area contributed by atoms with Gasteiger partial charge in [0.05, 0.1) is 36.8 Å². The minimum Gasteiger partial charge on any atom is -0.497 e. The molecular formula is C27H27N3O6. The summed E-state index contributed by atoms with van der Waals surface area (Å²) in [7, 11) is 3.14. The summed E-state index contributed by atoms with van der Waals surface area (Å²) < 4.78 is 10.5. The Morgan fingerprint density at radius 1 is 1.00 bits per heavy atom. The molecule has 186 valence electrons. The zero-order valence-electron chi connectivity index (χ0n) is 20.3.